The van der Waals surface area contributed by atoms with Gasteiger partial charge in [-0.3, -0.25) is 0 Å². The molecule has 3 aromatic rings. The minimum absolute atomic E-state index is 0.309. The van der Waals surface area contributed by atoms with Crippen LogP contribution in [0, 0.1) is 11.8 Å². The molecule has 6 nitrogen and oxygen atoms in total. The number of carbonyl (C=O) groups is 2. The Balaban J connectivity index is 1.93. The van der Waals surface area contributed by atoms with Crippen LogP contribution < -0.4 is 9.47 Å². The highest BCUT2D eigenvalue weighted by Gasteiger charge is 2.22. The van der Waals surface area contributed by atoms with E-state index >= 15 is 0 Å². The number of hydrogen-bond donors (Lipinski definition) is 0. The smallest absolute Gasteiger partial charge is 0.434 e. The van der Waals surface area contributed by atoms with Crippen molar-refractivity contribution in [1.82, 2.24) is 0 Å². The van der Waals surface area contributed by atoms with E-state index in [4.69, 9.17) is 18.9 Å². The summed E-state index contributed by atoms with van der Waals surface area (Å²) in [5.41, 5.74) is 1.07. The normalized spacial score (nSPS) is 12.7. The van der Waals surface area contributed by atoms with Gasteiger partial charge in [0.1, 0.15) is 11.5 Å². The Hall–Kier alpha value is -3.28. The van der Waals surface area contributed by atoms with Gasteiger partial charge in [-0.25, -0.2) is 9.59 Å². The Morgan fingerprint density at radius 3 is 1.57 bits per heavy atom. The maximum atomic E-state index is 12.9. The molecule has 0 saturated heterocycles. The summed E-state index contributed by atoms with van der Waals surface area (Å²) in [4.78, 5) is 25.8. The largest absolute Gasteiger partial charge is 0.513 e. The zero-order valence-electron chi connectivity index (χ0n) is 24.9. The van der Waals surface area contributed by atoms with Gasteiger partial charge in [0.05, 0.1) is 13.2 Å². The molecule has 218 valence electrons. The second kappa shape index (κ2) is 16.1. The first-order valence-electron chi connectivity index (χ1n) is 15.1. The van der Waals surface area contributed by atoms with E-state index in [1.165, 1.54) is 0 Å². The third-order valence-corrected chi connectivity index (χ3v) is 7.73. The van der Waals surface area contributed by atoms with Crippen LogP contribution in [0.25, 0.3) is 21.5 Å². The molecule has 0 aromatic heterocycles. The van der Waals surface area contributed by atoms with Crippen LogP contribution in [-0.4, -0.2) is 25.5 Å². The van der Waals surface area contributed by atoms with Crippen LogP contribution in [0.4, 0.5) is 9.59 Å². The van der Waals surface area contributed by atoms with Crippen molar-refractivity contribution in [3.63, 3.8) is 0 Å². The van der Waals surface area contributed by atoms with Gasteiger partial charge in [0.25, 0.3) is 0 Å². The molecule has 0 radical (unpaired) electrons. The summed E-state index contributed by atoms with van der Waals surface area (Å²) < 4.78 is 22.9. The molecule has 40 heavy (non-hydrogen) atoms. The van der Waals surface area contributed by atoms with E-state index in [9.17, 15) is 9.59 Å². The van der Waals surface area contributed by atoms with Crippen molar-refractivity contribution in [3.8, 4) is 11.5 Å². The predicted molar refractivity (Wildman–Crippen MR) is 161 cm³/mol. The Labute approximate surface area is 239 Å². The predicted octanol–water partition coefficient (Wildman–Crippen LogP) is 10.0. The van der Waals surface area contributed by atoms with Crippen molar-refractivity contribution in [3.05, 3.63) is 48.0 Å². The molecule has 0 aliphatic heterocycles. The first-order valence-corrected chi connectivity index (χ1v) is 15.1. The first-order chi connectivity index (χ1) is 19.4. The zero-order valence-corrected chi connectivity index (χ0v) is 24.9. The Morgan fingerprint density at radius 2 is 1.12 bits per heavy atom. The van der Waals surface area contributed by atoms with E-state index < -0.39 is 12.3 Å². The number of fused-ring (bicyclic) bond motifs is 2. The maximum absolute atomic E-state index is 12.9. The highest BCUT2D eigenvalue weighted by molar-refractivity contribution is 6.12. The monoisotopic (exact) mass is 550 g/mol. The van der Waals surface area contributed by atoms with Gasteiger partial charge in [-0.2, -0.15) is 0 Å². The second-order valence-corrected chi connectivity index (χ2v) is 10.6. The fourth-order valence-electron chi connectivity index (χ4n) is 4.98. The number of aryl methyl sites for hydroxylation is 1. The molecule has 0 heterocycles. The van der Waals surface area contributed by atoms with E-state index in [1.807, 2.05) is 42.5 Å². The Morgan fingerprint density at radius 1 is 0.650 bits per heavy atom. The lowest BCUT2D eigenvalue weighted by Gasteiger charge is -2.18. The molecule has 0 fully saturated rings. The van der Waals surface area contributed by atoms with Crippen LogP contribution in [-0.2, 0) is 15.9 Å². The summed E-state index contributed by atoms with van der Waals surface area (Å²) >= 11 is 0. The van der Waals surface area contributed by atoms with Crippen LogP contribution in [0.2, 0.25) is 0 Å². The molecule has 2 unspecified atom stereocenters. The minimum atomic E-state index is -0.730. The lowest BCUT2D eigenvalue weighted by Crippen LogP contribution is -2.18. The van der Waals surface area contributed by atoms with Gasteiger partial charge >= 0.3 is 12.3 Å². The Bertz CT molecular complexity index is 1250. The van der Waals surface area contributed by atoms with E-state index in [-0.39, 0.29) is 0 Å². The number of benzene rings is 3. The minimum Gasteiger partial charge on any atom is -0.434 e. The van der Waals surface area contributed by atoms with E-state index in [2.05, 4.69) is 34.6 Å². The zero-order chi connectivity index (χ0) is 28.9. The highest BCUT2D eigenvalue weighted by Crippen LogP contribution is 2.43. The molecule has 0 bridgehead atoms. The van der Waals surface area contributed by atoms with Crippen molar-refractivity contribution >= 4 is 33.9 Å². The molecule has 6 heteroatoms. The number of unbranched alkanes of at least 4 members (excludes halogenated alkanes) is 2. The molecular formula is C34H46O6. The fraction of sp³-hybridized carbons (Fsp3) is 0.529. The number of hydrogen-bond acceptors (Lipinski definition) is 6. The molecule has 0 aliphatic rings. The molecule has 0 N–H and O–H groups in total. The van der Waals surface area contributed by atoms with Gasteiger partial charge in [-0.1, -0.05) is 110 Å². The number of ether oxygens (including phenoxy) is 4. The van der Waals surface area contributed by atoms with Crippen molar-refractivity contribution in [2.75, 3.05) is 13.2 Å². The molecule has 3 rings (SSSR count). The first kappa shape index (κ1) is 31.3. The van der Waals surface area contributed by atoms with Crippen LogP contribution >= 0.6 is 0 Å². The maximum Gasteiger partial charge on any atom is 0.513 e. The second-order valence-electron chi connectivity index (χ2n) is 10.6. The lowest BCUT2D eigenvalue weighted by molar-refractivity contribution is 0.0805. The third kappa shape index (κ3) is 8.36. The fourth-order valence-corrected chi connectivity index (χ4v) is 4.98. The van der Waals surface area contributed by atoms with Crippen molar-refractivity contribution < 1.29 is 28.5 Å². The van der Waals surface area contributed by atoms with E-state index in [1.54, 1.807) is 0 Å². The highest BCUT2D eigenvalue weighted by atomic mass is 16.7. The van der Waals surface area contributed by atoms with Crippen molar-refractivity contribution in [2.24, 2.45) is 11.8 Å². The van der Waals surface area contributed by atoms with Crippen LogP contribution in [0.5, 0.6) is 11.5 Å². The summed E-state index contributed by atoms with van der Waals surface area (Å²) in [5, 5.41) is 2.68. The quantitative estimate of drug-likeness (QED) is 0.106. The van der Waals surface area contributed by atoms with Crippen molar-refractivity contribution in [2.45, 2.75) is 92.4 Å². The van der Waals surface area contributed by atoms with Gasteiger partial charge in [-0.05, 0) is 42.7 Å². The molecule has 0 amide bonds. The van der Waals surface area contributed by atoms with Crippen LogP contribution in [0.1, 0.15) is 91.5 Å². The molecule has 2 atom stereocenters. The molecule has 0 spiro atoms. The number of rotatable bonds is 15. The summed E-state index contributed by atoms with van der Waals surface area (Å²) in [6.45, 7) is 11.3. The Kier molecular flexibility index (Phi) is 12.6. The van der Waals surface area contributed by atoms with Gasteiger partial charge in [-0.15, -0.1) is 0 Å². The summed E-state index contributed by atoms with van der Waals surface area (Å²) in [6, 6.07) is 13.3. The van der Waals surface area contributed by atoms with E-state index in [0.29, 0.717) is 58.1 Å². The molecular weight excluding hydrogens is 504 g/mol. The summed E-state index contributed by atoms with van der Waals surface area (Å²) in [5.74, 6) is 1.41. The average Bonchev–Trinajstić information content (AvgIpc) is 2.98. The number of carbonyl (C=O) groups excluding carboxylic acids is 2. The molecule has 3 aromatic carbocycles. The topological polar surface area (TPSA) is 71.1 Å². The molecule has 0 aliphatic carbocycles. The van der Waals surface area contributed by atoms with E-state index in [0.717, 1.165) is 63.4 Å². The molecule has 0 saturated carbocycles. The van der Waals surface area contributed by atoms with Gasteiger partial charge in [0.15, 0.2) is 0 Å². The lowest BCUT2D eigenvalue weighted by atomic mass is 9.98. The standard InChI is InChI=1S/C34H46O6/c1-6-11-15-25(9-4)22-37-33(35)39-31-27-17-13-14-18-28(27)32(30-21-24(8-3)19-20-29(30)31)40-34(36)38-23-26(10-5)16-12-7-2/h13-14,17-21,25-26H,6-12,15-16,22-23H2,1-5H3. The van der Waals surface area contributed by atoms with Gasteiger partial charge < -0.3 is 18.9 Å². The van der Waals surface area contributed by atoms with Crippen LogP contribution in [0.15, 0.2) is 42.5 Å². The average molecular weight is 551 g/mol. The summed E-state index contributed by atoms with van der Waals surface area (Å²) in [7, 11) is 0. The van der Waals surface area contributed by atoms with Gasteiger partial charge in [0.2, 0.25) is 0 Å². The van der Waals surface area contributed by atoms with Gasteiger partial charge in [0, 0.05) is 21.5 Å². The SMILES string of the molecule is CCCCC(CC)COC(=O)Oc1c2ccccc2c(OC(=O)OCC(CC)CCCC)c2cc(CC)ccc12. The summed E-state index contributed by atoms with van der Waals surface area (Å²) in [6.07, 6.45) is 7.70. The third-order valence-electron chi connectivity index (χ3n) is 7.73. The van der Waals surface area contributed by atoms with Crippen LogP contribution in [0.3, 0.4) is 0 Å². The van der Waals surface area contributed by atoms with Crippen molar-refractivity contribution in [1.29, 1.82) is 0 Å².